The second kappa shape index (κ2) is 11.1. The monoisotopic (exact) mass is 439 g/mol. The van der Waals surface area contributed by atoms with Crippen LogP contribution in [0.15, 0.2) is 65.7 Å². The molecular weight excluding hydrogens is 406 g/mol. The van der Waals surface area contributed by atoms with E-state index in [0.29, 0.717) is 0 Å². The Morgan fingerprint density at radius 3 is 2.45 bits per heavy atom. The molecule has 0 atom stereocenters. The Balaban J connectivity index is 1.34. The van der Waals surface area contributed by atoms with Gasteiger partial charge in [-0.25, -0.2) is 0 Å². The van der Waals surface area contributed by atoms with E-state index in [-0.39, 0.29) is 5.78 Å². The van der Waals surface area contributed by atoms with E-state index in [1.807, 2.05) is 42.6 Å². The third-order valence-electron chi connectivity index (χ3n) is 6.29. The number of ketones is 1. The van der Waals surface area contributed by atoms with E-state index in [4.69, 9.17) is 9.73 Å². The molecule has 1 aliphatic rings. The molecule has 3 aromatic carbocycles. The number of hydrogen-bond acceptors (Lipinski definition) is 3. The van der Waals surface area contributed by atoms with Crippen LogP contribution in [0.1, 0.15) is 79.4 Å². The lowest BCUT2D eigenvalue weighted by Crippen LogP contribution is -1.97. The van der Waals surface area contributed by atoms with E-state index in [0.717, 1.165) is 42.0 Å². The number of Topliss-reactive ketones (excluding diaryl/α,β-unsaturated/α-hetero) is 1. The molecule has 0 aromatic heterocycles. The van der Waals surface area contributed by atoms with Crippen molar-refractivity contribution in [2.75, 3.05) is 6.61 Å². The number of aliphatic imine (C=N–C) groups is 1. The molecule has 0 spiro atoms. The summed E-state index contributed by atoms with van der Waals surface area (Å²) >= 11 is 0. The van der Waals surface area contributed by atoms with Crippen molar-refractivity contribution in [1.29, 1.82) is 0 Å². The minimum absolute atomic E-state index is 0.109. The molecule has 0 aliphatic heterocycles. The predicted octanol–water partition coefficient (Wildman–Crippen LogP) is 7.95. The Morgan fingerprint density at radius 2 is 1.67 bits per heavy atom. The van der Waals surface area contributed by atoms with E-state index in [2.05, 4.69) is 31.2 Å². The summed E-state index contributed by atoms with van der Waals surface area (Å²) in [6.45, 7) is 4.64. The van der Waals surface area contributed by atoms with E-state index < -0.39 is 0 Å². The van der Waals surface area contributed by atoms with E-state index in [1.165, 1.54) is 54.4 Å². The van der Waals surface area contributed by atoms with Crippen molar-refractivity contribution in [3.8, 4) is 16.9 Å². The fraction of sp³-hybridized carbons (Fsp3) is 0.333. The molecule has 1 aliphatic carbocycles. The second-order valence-corrected chi connectivity index (χ2v) is 8.89. The van der Waals surface area contributed by atoms with Crippen molar-refractivity contribution >= 4 is 17.7 Å². The number of carbonyl (C=O) groups is 1. The van der Waals surface area contributed by atoms with Gasteiger partial charge in [0.05, 0.1) is 12.3 Å². The van der Waals surface area contributed by atoms with Crippen LogP contribution in [-0.2, 0) is 6.42 Å². The highest BCUT2D eigenvalue weighted by Crippen LogP contribution is 2.39. The molecule has 33 heavy (non-hydrogen) atoms. The largest absolute Gasteiger partial charge is 0.494 e. The summed E-state index contributed by atoms with van der Waals surface area (Å²) in [5, 5.41) is 0. The smallest absolute Gasteiger partial charge is 0.159 e. The van der Waals surface area contributed by atoms with E-state index in [1.54, 1.807) is 6.92 Å². The second-order valence-electron chi connectivity index (χ2n) is 8.89. The minimum atomic E-state index is 0.109. The number of ether oxygens (including phenoxy) is 1. The van der Waals surface area contributed by atoms with Gasteiger partial charge in [0.2, 0.25) is 0 Å². The zero-order valence-corrected chi connectivity index (χ0v) is 19.8. The Kier molecular flexibility index (Phi) is 7.72. The molecule has 3 nitrogen and oxygen atoms in total. The van der Waals surface area contributed by atoms with Crippen LogP contribution in [0.25, 0.3) is 11.1 Å². The number of nitrogens with zero attached hydrogens (tertiary/aromatic N) is 1. The topological polar surface area (TPSA) is 38.7 Å². The summed E-state index contributed by atoms with van der Waals surface area (Å²) in [7, 11) is 0. The molecule has 0 fully saturated rings. The van der Waals surface area contributed by atoms with Crippen molar-refractivity contribution in [3.05, 3.63) is 82.9 Å². The number of hydrogen-bond donors (Lipinski definition) is 0. The molecule has 0 heterocycles. The van der Waals surface area contributed by atoms with Gasteiger partial charge in [-0.05, 0) is 90.0 Å². The van der Waals surface area contributed by atoms with Crippen molar-refractivity contribution in [2.45, 2.75) is 58.8 Å². The predicted molar refractivity (Wildman–Crippen MR) is 137 cm³/mol. The van der Waals surface area contributed by atoms with Gasteiger partial charge in [0, 0.05) is 11.8 Å². The fourth-order valence-corrected chi connectivity index (χ4v) is 4.35. The Hall–Kier alpha value is -3.20. The molecule has 0 saturated heterocycles. The maximum absolute atomic E-state index is 11.7. The summed E-state index contributed by atoms with van der Waals surface area (Å²) in [6, 6.07) is 20.5. The molecule has 0 bridgehead atoms. The fourth-order valence-electron chi connectivity index (χ4n) is 4.35. The Labute approximate surface area is 197 Å². The highest BCUT2D eigenvalue weighted by molar-refractivity contribution is 5.95. The molecule has 0 radical (unpaired) electrons. The molecule has 3 heteroatoms. The molecule has 3 aromatic rings. The molecule has 0 N–H and O–H groups in total. The molecule has 170 valence electrons. The average molecular weight is 440 g/mol. The van der Waals surface area contributed by atoms with Crippen LogP contribution >= 0.6 is 0 Å². The van der Waals surface area contributed by atoms with Crippen LogP contribution in [0.3, 0.4) is 0 Å². The molecule has 0 saturated carbocycles. The third kappa shape index (κ3) is 5.98. The van der Waals surface area contributed by atoms with Gasteiger partial charge < -0.3 is 4.74 Å². The van der Waals surface area contributed by atoms with Crippen LogP contribution in [-0.4, -0.2) is 18.6 Å². The zero-order chi connectivity index (χ0) is 23.0. The van der Waals surface area contributed by atoms with Gasteiger partial charge in [0.1, 0.15) is 5.75 Å². The summed E-state index contributed by atoms with van der Waals surface area (Å²) in [4.78, 5) is 16.4. The van der Waals surface area contributed by atoms with Crippen molar-refractivity contribution in [3.63, 3.8) is 0 Å². The number of benzene rings is 3. The van der Waals surface area contributed by atoms with Crippen LogP contribution in [0.2, 0.25) is 0 Å². The molecule has 4 rings (SSSR count). The van der Waals surface area contributed by atoms with Gasteiger partial charge in [0.15, 0.2) is 5.78 Å². The number of rotatable bonds is 11. The first-order valence-electron chi connectivity index (χ1n) is 12.2. The number of fused-ring (bicyclic) bond motifs is 3. The van der Waals surface area contributed by atoms with Crippen LogP contribution in [0, 0.1) is 0 Å². The van der Waals surface area contributed by atoms with E-state index >= 15 is 0 Å². The van der Waals surface area contributed by atoms with Crippen molar-refractivity contribution in [2.24, 2.45) is 4.99 Å². The highest BCUT2D eigenvalue weighted by atomic mass is 16.5. The summed E-state index contributed by atoms with van der Waals surface area (Å²) in [5.74, 6) is 1.03. The SMILES string of the molecule is CCCCCCCCOc1ccc(C=Nc2ccc3c(c2)-c2ccc(C(C)=O)cc2C3)cc1. The molecule has 0 amide bonds. The van der Waals surface area contributed by atoms with Crippen molar-refractivity contribution in [1.82, 2.24) is 0 Å². The number of carbonyl (C=O) groups excluding carboxylic acids is 1. The van der Waals surface area contributed by atoms with Gasteiger partial charge in [0.25, 0.3) is 0 Å². The molecule has 0 unspecified atom stereocenters. The standard InChI is InChI=1S/C30H33NO2/c1-3-4-5-6-7-8-17-33-28-14-9-23(10-15-28)21-31-27-13-11-25-19-26-18-24(22(2)32)12-16-29(26)30(25)20-27/h9-16,18,20-21H,3-8,17,19H2,1-2H3. The van der Waals surface area contributed by atoms with Crippen molar-refractivity contribution < 1.29 is 9.53 Å². The first-order valence-corrected chi connectivity index (χ1v) is 12.2. The normalized spacial score (nSPS) is 12.1. The van der Waals surface area contributed by atoms with Gasteiger partial charge >= 0.3 is 0 Å². The lowest BCUT2D eigenvalue weighted by atomic mass is 10.0. The Morgan fingerprint density at radius 1 is 0.879 bits per heavy atom. The third-order valence-corrected chi connectivity index (χ3v) is 6.29. The number of unbranched alkanes of at least 4 members (excludes halogenated alkanes) is 5. The average Bonchev–Trinajstić information content (AvgIpc) is 3.20. The van der Waals surface area contributed by atoms with E-state index in [9.17, 15) is 4.79 Å². The summed E-state index contributed by atoms with van der Waals surface area (Å²) in [6.07, 6.45) is 10.4. The minimum Gasteiger partial charge on any atom is -0.494 e. The van der Waals surface area contributed by atoms with Crippen LogP contribution < -0.4 is 4.74 Å². The van der Waals surface area contributed by atoms with Gasteiger partial charge in [-0.2, -0.15) is 0 Å². The van der Waals surface area contributed by atoms with Gasteiger partial charge in [-0.1, -0.05) is 57.2 Å². The highest BCUT2D eigenvalue weighted by Gasteiger charge is 2.19. The summed E-state index contributed by atoms with van der Waals surface area (Å²) in [5.41, 5.74) is 7.69. The quantitative estimate of drug-likeness (QED) is 0.135. The molecular formula is C30H33NO2. The lowest BCUT2D eigenvalue weighted by Gasteiger charge is -2.06. The first kappa shape index (κ1) is 23.0. The van der Waals surface area contributed by atoms with Gasteiger partial charge in [-0.3, -0.25) is 9.79 Å². The Bertz CT molecular complexity index is 1130. The summed E-state index contributed by atoms with van der Waals surface area (Å²) < 4.78 is 5.87. The van der Waals surface area contributed by atoms with Crippen LogP contribution in [0.4, 0.5) is 5.69 Å². The lowest BCUT2D eigenvalue weighted by molar-refractivity contribution is 0.101. The van der Waals surface area contributed by atoms with Gasteiger partial charge in [-0.15, -0.1) is 0 Å². The zero-order valence-electron chi connectivity index (χ0n) is 19.8. The van der Waals surface area contributed by atoms with Crippen LogP contribution in [0.5, 0.6) is 5.75 Å². The maximum Gasteiger partial charge on any atom is 0.159 e. The maximum atomic E-state index is 11.7. The first-order chi connectivity index (χ1) is 16.1.